The quantitative estimate of drug-likeness (QED) is 0.621. The van der Waals surface area contributed by atoms with Crippen molar-refractivity contribution in [1.82, 2.24) is 20.2 Å². The van der Waals surface area contributed by atoms with Gasteiger partial charge in [-0.25, -0.2) is 4.98 Å². The first-order chi connectivity index (χ1) is 13.6. The van der Waals surface area contributed by atoms with Crippen LogP contribution in [0, 0.1) is 0 Å². The van der Waals surface area contributed by atoms with Gasteiger partial charge >= 0.3 is 0 Å². The van der Waals surface area contributed by atoms with E-state index in [4.69, 9.17) is 9.15 Å². The molecular weight excluding hydrogens is 360 g/mol. The number of furan rings is 1. The summed E-state index contributed by atoms with van der Waals surface area (Å²) in [5, 5.41) is 5.64. The molecule has 2 heterocycles. The Balaban J connectivity index is 1.66. The Hall–Kier alpha value is -3.55. The number of hydrogen-bond donors (Lipinski definition) is 2. The number of aromatic nitrogens is 2. The van der Waals surface area contributed by atoms with Crippen molar-refractivity contribution in [3.63, 3.8) is 0 Å². The number of amides is 2. The molecule has 8 nitrogen and oxygen atoms in total. The van der Waals surface area contributed by atoms with Gasteiger partial charge in [0.15, 0.2) is 5.76 Å². The third kappa shape index (κ3) is 4.59. The SMILES string of the molecule is COc1cccc(C(NC(=O)CCNC(=O)c2ccco2)c2nccn2C)c1. The minimum absolute atomic E-state index is 0.122. The van der Waals surface area contributed by atoms with E-state index in [0.717, 1.165) is 5.56 Å². The van der Waals surface area contributed by atoms with Gasteiger partial charge in [-0.1, -0.05) is 12.1 Å². The molecule has 0 aliphatic heterocycles. The molecule has 1 atom stereocenters. The average molecular weight is 382 g/mol. The number of ether oxygens (including phenoxy) is 1. The van der Waals surface area contributed by atoms with Crippen molar-refractivity contribution in [1.29, 1.82) is 0 Å². The molecule has 3 rings (SSSR count). The van der Waals surface area contributed by atoms with Crippen molar-refractivity contribution in [2.24, 2.45) is 7.05 Å². The number of carbonyl (C=O) groups excluding carboxylic acids is 2. The van der Waals surface area contributed by atoms with E-state index in [-0.39, 0.29) is 30.5 Å². The number of hydrogen-bond acceptors (Lipinski definition) is 5. The summed E-state index contributed by atoms with van der Waals surface area (Å²) in [5.74, 6) is 1.03. The molecule has 0 saturated carbocycles. The molecule has 0 fully saturated rings. The smallest absolute Gasteiger partial charge is 0.286 e. The van der Waals surface area contributed by atoms with Crippen LogP contribution >= 0.6 is 0 Å². The highest BCUT2D eigenvalue weighted by atomic mass is 16.5. The molecule has 0 radical (unpaired) electrons. The van der Waals surface area contributed by atoms with Gasteiger partial charge in [-0.05, 0) is 29.8 Å². The molecule has 2 N–H and O–H groups in total. The van der Waals surface area contributed by atoms with Crippen LogP contribution in [-0.2, 0) is 11.8 Å². The first-order valence-corrected chi connectivity index (χ1v) is 8.80. The molecular formula is C20H22N4O4. The summed E-state index contributed by atoms with van der Waals surface area (Å²) in [4.78, 5) is 28.7. The van der Waals surface area contributed by atoms with E-state index in [2.05, 4.69) is 15.6 Å². The number of carbonyl (C=O) groups is 2. The summed E-state index contributed by atoms with van der Waals surface area (Å²) in [6.07, 6.45) is 5.04. The molecule has 0 spiro atoms. The number of aryl methyl sites for hydroxylation is 1. The Morgan fingerprint density at radius 2 is 2.14 bits per heavy atom. The highest BCUT2D eigenvalue weighted by molar-refractivity contribution is 5.91. The minimum Gasteiger partial charge on any atom is -0.497 e. The van der Waals surface area contributed by atoms with Gasteiger partial charge in [-0.2, -0.15) is 0 Å². The van der Waals surface area contributed by atoms with Crippen LogP contribution in [0.1, 0.15) is 34.4 Å². The predicted molar refractivity (Wildman–Crippen MR) is 102 cm³/mol. The zero-order valence-electron chi connectivity index (χ0n) is 15.7. The Morgan fingerprint density at radius 3 is 2.82 bits per heavy atom. The maximum Gasteiger partial charge on any atom is 0.286 e. The molecule has 8 heteroatoms. The summed E-state index contributed by atoms with van der Waals surface area (Å²) in [5.41, 5.74) is 0.849. The number of nitrogens with one attached hydrogen (secondary N) is 2. The van der Waals surface area contributed by atoms with Crippen LogP contribution in [0.15, 0.2) is 59.5 Å². The van der Waals surface area contributed by atoms with Crippen LogP contribution in [0.4, 0.5) is 0 Å². The van der Waals surface area contributed by atoms with E-state index in [1.807, 2.05) is 42.1 Å². The molecule has 0 aliphatic carbocycles. The van der Waals surface area contributed by atoms with Crippen molar-refractivity contribution in [2.45, 2.75) is 12.5 Å². The third-order valence-electron chi connectivity index (χ3n) is 4.23. The summed E-state index contributed by atoms with van der Waals surface area (Å²) in [6.45, 7) is 0.191. The highest BCUT2D eigenvalue weighted by Gasteiger charge is 2.21. The lowest BCUT2D eigenvalue weighted by atomic mass is 10.1. The molecule has 1 aromatic carbocycles. The summed E-state index contributed by atoms with van der Waals surface area (Å²) in [6, 6.07) is 10.2. The molecule has 2 aromatic heterocycles. The van der Waals surface area contributed by atoms with Crippen molar-refractivity contribution >= 4 is 11.8 Å². The lowest BCUT2D eigenvalue weighted by Gasteiger charge is -2.20. The Labute approximate surface area is 162 Å². The number of rotatable bonds is 8. The molecule has 2 amide bonds. The van der Waals surface area contributed by atoms with E-state index in [1.165, 1.54) is 6.26 Å². The minimum atomic E-state index is -0.441. The van der Waals surface area contributed by atoms with E-state index >= 15 is 0 Å². The molecule has 28 heavy (non-hydrogen) atoms. The molecule has 0 aliphatic rings. The van der Waals surface area contributed by atoms with Gasteiger partial charge in [0.1, 0.15) is 17.6 Å². The Bertz CT molecular complexity index is 933. The molecule has 146 valence electrons. The Morgan fingerprint density at radius 1 is 1.29 bits per heavy atom. The zero-order valence-corrected chi connectivity index (χ0v) is 15.7. The molecule has 0 saturated heterocycles. The van der Waals surface area contributed by atoms with Crippen LogP contribution < -0.4 is 15.4 Å². The third-order valence-corrected chi connectivity index (χ3v) is 4.23. The molecule has 0 bridgehead atoms. The largest absolute Gasteiger partial charge is 0.497 e. The van der Waals surface area contributed by atoms with Crippen molar-refractivity contribution in [3.8, 4) is 5.75 Å². The average Bonchev–Trinajstić information content (AvgIpc) is 3.38. The predicted octanol–water partition coefficient (Wildman–Crippen LogP) is 2.05. The Kier molecular flexibility index (Phi) is 6.11. The second-order valence-electron chi connectivity index (χ2n) is 6.16. The van der Waals surface area contributed by atoms with Gasteiger partial charge in [0, 0.05) is 32.4 Å². The van der Waals surface area contributed by atoms with Gasteiger partial charge in [0.25, 0.3) is 5.91 Å². The van der Waals surface area contributed by atoms with Crippen LogP contribution in [0.25, 0.3) is 0 Å². The first-order valence-electron chi connectivity index (χ1n) is 8.80. The van der Waals surface area contributed by atoms with Gasteiger partial charge in [0.2, 0.25) is 5.91 Å². The second-order valence-corrected chi connectivity index (χ2v) is 6.16. The first kappa shape index (κ1) is 19.2. The van der Waals surface area contributed by atoms with Gasteiger partial charge < -0.3 is 24.4 Å². The van der Waals surface area contributed by atoms with E-state index in [9.17, 15) is 9.59 Å². The van der Waals surface area contributed by atoms with Gasteiger partial charge in [-0.3, -0.25) is 9.59 Å². The fraction of sp³-hybridized carbons (Fsp3) is 0.250. The number of benzene rings is 1. The van der Waals surface area contributed by atoms with E-state index in [0.29, 0.717) is 11.6 Å². The number of imidazole rings is 1. The van der Waals surface area contributed by atoms with Crippen LogP contribution in [0.3, 0.4) is 0 Å². The summed E-state index contributed by atoms with van der Waals surface area (Å²) >= 11 is 0. The number of nitrogens with zero attached hydrogens (tertiary/aromatic N) is 2. The maximum absolute atomic E-state index is 12.5. The topological polar surface area (TPSA) is 98.4 Å². The van der Waals surface area contributed by atoms with Gasteiger partial charge in [-0.15, -0.1) is 0 Å². The maximum atomic E-state index is 12.5. The normalized spacial score (nSPS) is 11.6. The summed E-state index contributed by atoms with van der Waals surface area (Å²) < 4.78 is 12.2. The highest BCUT2D eigenvalue weighted by Crippen LogP contribution is 2.24. The van der Waals surface area contributed by atoms with Crippen molar-refractivity contribution in [3.05, 3.63) is 72.2 Å². The molecule has 1 unspecified atom stereocenters. The molecule has 3 aromatic rings. The summed E-state index contributed by atoms with van der Waals surface area (Å²) in [7, 11) is 3.46. The zero-order chi connectivity index (χ0) is 19.9. The van der Waals surface area contributed by atoms with Crippen molar-refractivity contribution < 1.29 is 18.7 Å². The van der Waals surface area contributed by atoms with E-state index < -0.39 is 6.04 Å². The van der Waals surface area contributed by atoms with Gasteiger partial charge in [0.05, 0.1) is 13.4 Å². The van der Waals surface area contributed by atoms with E-state index in [1.54, 1.807) is 25.4 Å². The standard InChI is InChI=1S/C20H22N4O4/c1-24-11-10-21-19(24)18(14-5-3-6-15(13-14)27-2)23-17(25)8-9-22-20(26)16-7-4-12-28-16/h3-7,10-13,18H,8-9H2,1-2H3,(H,22,26)(H,23,25). The number of methoxy groups -OCH3 is 1. The second kappa shape index (κ2) is 8.90. The lowest BCUT2D eigenvalue weighted by molar-refractivity contribution is -0.121. The lowest BCUT2D eigenvalue weighted by Crippen LogP contribution is -2.34. The van der Waals surface area contributed by atoms with Crippen LogP contribution in [0.2, 0.25) is 0 Å². The fourth-order valence-corrected chi connectivity index (χ4v) is 2.79. The van der Waals surface area contributed by atoms with Crippen LogP contribution in [-0.4, -0.2) is 35.0 Å². The van der Waals surface area contributed by atoms with Crippen molar-refractivity contribution in [2.75, 3.05) is 13.7 Å². The fourth-order valence-electron chi connectivity index (χ4n) is 2.79. The van der Waals surface area contributed by atoms with Crippen LogP contribution in [0.5, 0.6) is 5.75 Å². The monoisotopic (exact) mass is 382 g/mol.